The summed E-state index contributed by atoms with van der Waals surface area (Å²) in [5.74, 6) is 1.00. The highest BCUT2D eigenvalue weighted by molar-refractivity contribution is 5.78. The third kappa shape index (κ3) is 5.28. The van der Waals surface area contributed by atoms with Crippen LogP contribution in [-0.2, 0) is 17.8 Å². The number of aromatic nitrogens is 2. The SMILES string of the molecule is O=C(Cc1ccccn1)NCc1cccnc1N1CCCCCCC1. The molecule has 5 heteroatoms. The second kappa shape index (κ2) is 9.16. The summed E-state index contributed by atoms with van der Waals surface area (Å²) in [7, 11) is 0. The Morgan fingerprint density at radius 1 is 0.960 bits per heavy atom. The van der Waals surface area contributed by atoms with Gasteiger partial charge in [-0.15, -0.1) is 0 Å². The summed E-state index contributed by atoms with van der Waals surface area (Å²) >= 11 is 0. The first-order valence-corrected chi connectivity index (χ1v) is 9.18. The smallest absolute Gasteiger partial charge is 0.226 e. The van der Waals surface area contributed by atoms with Crippen LogP contribution in [0.3, 0.4) is 0 Å². The Kier molecular flexibility index (Phi) is 6.37. The van der Waals surface area contributed by atoms with E-state index in [1.54, 1.807) is 6.20 Å². The van der Waals surface area contributed by atoms with Gasteiger partial charge in [0.15, 0.2) is 0 Å². The van der Waals surface area contributed by atoms with Crippen LogP contribution >= 0.6 is 0 Å². The summed E-state index contributed by atoms with van der Waals surface area (Å²) in [4.78, 5) is 23.4. The largest absolute Gasteiger partial charge is 0.356 e. The van der Waals surface area contributed by atoms with Gasteiger partial charge in [-0.1, -0.05) is 31.4 Å². The number of hydrogen-bond acceptors (Lipinski definition) is 4. The summed E-state index contributed by atoms with van der Waals surface area (Å²) in [5, 5.41) is 3.01. The van der Waals surface area contributed by atoms with E-state index in [-0.39, 0.29) is 5.91 Å². The lowest BCUT2D eigenvalue weighted by molar-refractivity contribution is -0.120. The van der Waals surface area contributed by atoms with Gasteiger partial charge in [0.25, 0.3) is 0 Å². The molecule has 1 saturated heterocycles. The standard InChI is InChI=1S/C20H26N4O/c25-19(15-18-10-4-5-11-21-18)23-16-17-9-8-12-22-20(17)24-13-6-2-1-3-7-14-24/h4-5,8-12H,1-3,6-7,13-16H2,(H,23,25). The third-order valence-electron chi connectivity index (χ3n) is 4.57. The molecule has 0 saturated carbocycles. The van der Waals surface area contributed by atoms with E-state index in [2.05, 4.69) is 26.3 Å². The van der Waals surface area contributed by atoms with E-state index in [1.165, 1.54) is 32.1 Å². The van der Waals surface area contributed by atoms with Crippen LogP contribution in [0.25, 0.3) is 0 Å². The first-order valence-electron chi connectivity index (χ1n) is 9.18. The van der Waals surface area contributed by atoms with E-state index in [4.69, 9.17) is 0 Å². The number of nitrogens with one attached hydrogen (secondary N) is 1. The lowest BCUT2D eigenvalue weighted by Crippen LogP contribution is -2.31. The maximum atomic E-state index is 12.2. The molecule has 25 heavy (non-hydrogen) atoms. The average molecular weight is 338 g/mol. The van der Waals surface area contributed by atoms with E-state index in [9.17, 15) is 4.79 Å². The van der Waals surface area contributed by atoms with Crippen LogP contribution in [-0.4, -0.2) is 29.0 Å². The second-order valence-corrected chi connectivity index (χ2v) is 6.52. The van der Waals surface area contributed by atoms with Crippen LogP contribution in [0.2, 0.25) is 0 Å². The molecule has 1 N–H and O–H groups in total. The van der Waals surface area contributed by atoms with Crippen molar-refractivity contribution in [3.63, 3.8) is 0 Å². The molecule has 2 aromatic heterocycles. The Labute approximate surface area is 149 Å². The molecule has 1 fully saturated rings. The highest BCUT2D eigenvalue weighted by atomic mass is 16.1. The molecule has 5 nitrogen and oxygen atoms in total. The summed E-state index contributed by atoms with van der Waals surface area (Å²) in [5.41, 5.74) is 1.87. The lowest BCUT2D eigenvalue weighted by Gasteiger charge is -2.27. The summed E-state index contributed by atoms with van der Waals surface area (Å²) < 4.78 is 0. The van der Waals surface area contributed by atoms with Crippen LogP contribution in [0, 0.1) is 0 Å². The van der Waals surface area contributed by atoms with Crippen molar-refractivity contribution in [3.05, 3.63) is 54.0 Å². The number of amides is 1. The van der Waals surface area contributed by atoms with Crippen molar-refractivity contribution in [1.82, 2.24) is 15.3 Å². The topological polar surface area (TPSA) is 58.1 Å². The zero-order valence-electron chi connectivity index (χ0n) is 14.7. The Bertz CT molecular complexity index is 666. The molecule has 2 aromatic rings. The second-order valence-electron chi connectivity index (χ2n) is 6.52. The van der Waals surface area contributed by atoms with Crippen LogP contribution in [0.15, 0.2) is 42.7 Å². The molecule has 1 aliphatic rings. The molecule has 0 unspecified atom stereocenters. The number of rotatable bonds is 5. The molecular formula is C20H26N4O. The predicted octanol–water partition coefficient (Wildman–Crippen LogP) is 3.11. The summed E-state index contributed by atoms with van der Waals surface area (Å²) in [6, 6.07) is 9.62. The van der Waals surface area contributed by atoms with E-state index >= 15 is 0 Å². The van der Waals surface area contributed by atoms with Gasteiger partial charge in [0.2, 0.25) is 5.91 Å². The van der Waals surface area contributed by atoms with Crippen molar-refractivity contribution in [1.29, 1.82) is 0 Å². The number of carbonyl (C=O) groups excluding carboxylic acids is 1. The highest BCUT2D eigenvalue weighted by Gasteiger charge is 2.14. The zero-order valence-corrected chi connectivity index (χ0v) is 14.7. The first-order chi connectivity index (χ1) is 12.3. The molecule has 0 atom stereocenters. The van der Waals surface area contributed by atoms with Crippen molar-refractivity contribution in [2.45, 2.75) is 45.1 Å². The van der Waals surface area contributed by atoms with Crippen molar-refractivity contribution in [2.24, 2.45) is 0 Å². The minimum Gasteiger partial charge on any atom is -0.356 e. The molecule has 0 bridgehead atoms. The highest BCUT2D eigenvalue weighted by Crippen LogP contribution is 2.21. The van der Waals surface area contributed by atoms with Gasteiger partial charge in [-0.2, -0.15) is 0 Å². The molecule has 3 rings (SSSR count). The maximum Gasteiger partial charge on any atom is 0.226 e. The maximum absolute atomic E-state index is 12.2. The molecule has 0 aromatic carbocycles. The van der Waals surface area contributed by atoms with Crippen molar-refractivity contribution in [3.8, 4) is 0 Å². The summed E-state index contributed by atoms with van der Waals surface area (Å²) in [6.07, 6.45) is 10.2. The molecular weight excluding hydrogens is 312 g/mol. The van der Waals surface area contributed by atoms with Gasteiger partial charge in [-0.05, 0) is 31.0 Å². The first kappa shape index (κ1) is 17.4. The molecule has 0 radical (unpaired) electrons. The van der Waals surface area contributed by atoms with Gasteiger partial charge in [0.05, 0.1) is 6.42 Å². The van der Waals surface area contributed by atoms with Crippen LogP contribution < -0.4 is 10.2 Å². The predicted molar refractivity (Wildman–Crippen MR) is 99.3 cm³/mol. The molecule has 1 aliphatic heterocycles. The number of hydrogen-bond donors (Lipinski definition) is 1. The molecule has 132 valence electrons. The summed E-state index contributed by atoms with van der Waals surface area (Å²) in [6.45, 7) is 2.60. The van der Waals surface area contributed by atoms with Gasteiger partial charge >= 0.3 is 0 Å². The minimum atomic E-state index is -0.0128. The van der Waals surface area contributed by atoms with E-state index in [0.717, 1.165) is 30.2 Å². The lowest BCUT2D eigenvalue weighted by atomic mass is 10.1. The van der Waals surface area contributed by atoms with Crippen molar-refractivity contribution in [2.75, 3.05) is 18.0 Å². The van der Waals surface area contributed by atoms with E-state index in [0.29, 0.717) is 13.0 Å². The monoisotopic (exact) mass is 338 g/mol. The Hall–Kier alpha value is -2.43. The van der Waals surface area contributed by atoms with E-state index in [1.807, 2.05) is 30.5 Å². The van der Waals surface area contributed by atoms with Crippen molar-refractivity contribution >= 4 is 11.7 Å². The van der Waals surface area contributed by atoms with Gasteiger partial charge in [0.1, 0.15) is 5.82 Å². The fraction of sp³-hybridized carbons (Fsp3) is 0.450. The van der Waals surface area contributed by atoms with Crippen molar-refractivity contribution < 1.29 is 4.79 Å². The van der Waals surface area contributed by atoms with Gasteiger partial charge in [0, 0.05) is 43.3 Å². The van der Waals surface area contributed by atoms with E-state index < -0.39 is 0 Å². The van der Waals surface area contributed by atoms with Gasteiger partial charge < -0.3 is 10.2 Å². The normalized spacial score (nSPS) is 15.3. The quantitative estimate of drug-likeness (QED) is 0.910. The molecule has 3 heterocycles. The minimum absolute atomic E-state index is 0.0128. The Morgan fingerprint density at radius 3 is 2.48 bits per heavy atom. The zero-order chi connectivity index (χ0) is 17.3. The fourth-order valence-electron chi connectivity index (χ4n) is 3.24. The number of pyridine rings is 2. The number of anilines is 1. The third-order valence-corrected chi connectivity index (χ3v) is 4.57. The number of nitrogens with zero attached hydrogens (tertiary/aromatic N) is 3. The molecule has 0 spiro atoms. The molecule has 1 amide bonds. The van der Waals surface area contributed by atoms with Crippen LogP contribution in [0.1, 0.15) is 43.4 Å². The van der Waals surface area contributed by atoms with Gasteiger partial charge in [-0.25, -0.2) is 4.98 Å². The molecule has 0 aliphatic carbocycles. The number of carbonyl (C=O) groups is 1. The fourth-order valence-corrected chi connectivity index (χ4v) is 3.24. The van der Waals surface area contributed by atoms with Crippen LogP contribution in [0.4, 0.5) is 5.82 Å². The van der Waals surface area contributed by atoms with Gasteiger partial charge in [-0.3, -0.25) is 9.78 Å². The Balaban J connectivity index is 1.61. The Morgan fingerprint density at radius 2 is 1.72 bits per heavy atom. The average Bonchev–Trinajstić information content (AvgIpc) is 2.61. The van der Waals surface area contributed by atoms with Crippen LogP contribution in [0.5, 0.6) is 0 Å².